The number of carbonyl (C=O) groups is 1. The summed E-state index contributed by atoms with van der Waals surface area (Å²) in [4.78, 5) is 10.8. The number of aliphatic carboxylic acids is 1. The first kappa shape index (κ1) is 16.1. The van der Waals surface area contributed by atoms with Crippen LogP contribution in [0.3, 0.4) is 0 Å². The molecule has 0 aliphatic heterocycles. The van der Waals surface area contributed by atoms with Crippen molar-refractivity contribution in [2.45, 2.75) is 24.8 Å². The molecule has 0 fully saturated rings. The predicted octanol–water partition coefficient (Wildman–Crippen LogP) is -0.188. The van der Waals surface area contributed by atoms with Gasteiger partial charge in [0.05, 0.1) is 23.5 Å². The standard InChI is InChI=1S/C12H14N2O5S/c1-8(15)11(12(16)17)14-20(18,19)7-10-4-2-3-9(5-10)6-13/h2-5,8,11,14-15H,7H2,1H3,(H,16,17). The topological polar surface area (TPSA) is 127 Å². The predicted molar refractivity (Wildman–Crippen MR) is 70.0 cm³/mol. The summed E-state index contributed by atoms with van der Waals surface area (Å²) in [7, 11) is -3.95. The molecule has 20 heavy (non-hydrogen) atoms. The average molecular weight is 298 g/mol. The Balaban J connectivity index is 2.89. The largest absolute Gasteiger partial charge is 0.480 e. The molecule has 0 bridgehead atoms. The molecule has 0 aliphatic carbocycles. The lowest BCUT2D eigenvalue weighted by Gasteiger charge is -2.17. The monoisotopic (exact) mass is 298 g/mol. The number of aliphatic hydroxyl groups excluding tert-OH is 1. The number of sulfonamides is 1. The van der Waals surface area contributed by atoms with E-state index in [1.54, 1.807) is 0 Å². The highest BCUT2D eigenvalue weighted by Crippen LogP contribution is 2.09. The van der Waals surface area contributed by atoms with Crippen LogP contribution in [0.4, 0.5) is 0 Å². The van der Waals surface area contributed by atoms with Crippen LogP contribution in [0.2, 0.25) is 0 Å². The number of benzene rings is 1. The summed E-state index contributed by atoms with van der Waals surface area (Å²) < 4.78 is 25.6. The second-order valence-corrected chi connectivity index (χ2v) is 6.00. The van der Waals surface area contributed by atoms with Crippen molar-refractivity contribution in [1.29, 1.82) is 5.26 Å². The van der Waals surface area contributed by atoms with Crippen molar-refractivity contribution in [1.82, 2.24) is 4.72 Å². The van der Waals surface area contributed by atoms with Gasteiger partial charge in [0.25, 0.3) is 0 Å². The van der Waals surface area contributed by atoms with Crippen LogP contribution >= 0.6 is 0 Å². The summed E-state index contributed by atoms with van der Waals surface area (Å²) in [6, 6.07) is 6.24. The van der Waals surface area contributed by atoms with Crippen LogP contribution < -0.4 is 4.72 Å². The van der Waals surface area contributed by atoms with Crippen LogP contribution in [0.15, 0.2) is 24.3 Å². The summed E-state index contributed by atoms with van der Waals surface area (Å²) in [5, 5.41) is 26.8. The molecule has 1 aromatic carbocycles. The molecule has 1 aromatic rings. The number of aliphatic hydroxyl groups is 1. The maximum absolute atomic E-state index is 11.9. The Morgan fingerprint density at radius 2 is 2.15 bits per heavy atom. The van der Waals surface area contributed by atoms with Gasteiger partial charge in [0.2, 0.25) is 10.0 Å². The molecule has 3 N–H and O–H groups in total. The van der Waals surface area contributed by atoms with Gasteiger partial charge in [0.15, 0.2) is 0 Å². The second kappa shape index (κ2) is 6.47. The minimum atomic E-state index is -3.95. The molecule has 0 saturated carbocycles. The van der Waals surface area contributed by atoms with Gasteiger partial charge in [-0.3, -0.25) is 4.79 Å². The number of hydrogen-bond acceptors (Lipinski definition) is 5. The molecular weight excluding hydrogens is 284 g/mol. The van der Waals surface area contributed by atoms with E-state index < -0.39 is 33.9 Å². The number of hydrogen-bond donors (Lipinski definition) is 3. The van der Waals surface area contributed by atoms with E-state index in [1.165, 1.54) is 31.2 Å². The molecule has 0 heterocycles. The van der Waals surface area contributed by atoms with Crippen molar-refractivity contribution < 1.29 is 23.4 Å². The smallest absolute Gasteiger partial charge is 0.324 e. The Labute approximate surface area is 116 Å². The summed E-state index contributed by atoms with van der Waals surface area (Å²) in [5.74, 6) is -1.94. The van der Waals surface area contributed by atoms with Crippen molar-refractivity contribution >= 4 is 16.0 Å². The van der Waals surface area contributed by atoms with Crippen LogP contribution in [-0.4, -0.2) is 36.7 Å². The minimum absolute atomic E-state index is 0.308. The molecule has 0 aliphatic rings. The second-order valence-electron chi connectivity index (χ2n) is 4.25. The summed E-state index contributed by atoms with van der Waals surface area (Å²) in [6.45, 7) is 1.18. The third kappa shape index (κ3) is 4.62. The van der Waals surface area contributed by atoms with Crippen molar-refractivity contribution in [3.63, 3.8) is 0 Å². The van der Waals surface area contributed by atoms with E-state index >= 15 is 0 Å². The first-order chi connectivity index (χ1) is 9.25. The van der Waals surface area contributed by atoms with Crippen molar-refractivity contribution in [3.8, 4) is 6.07 Å². The van der Waals surface area contributed by atoms with E-state index in [9.17, 15) is 18.3 Å². The third-order valence-corrected chi connectivity index (χ3v) is 3.79. The van der Waals surface area contributed by atoms with Crippen LogP contribution in [-0.2, 0) is 20.6 Å². The molecule has 7 nitrogen and oxygen atoms in total. The Morgan fingerprint density at radius 3 is 2.65 bits per heavy atom. The molecule has 0 spiro atoms. The highest BCUT2D eigenvalue weighted by Gasteiger charge is 2.28. The van der Waals surface area contributed by atoms with Gasteiger partial charge in [-0.2, -0.15) is 9.98 Å². The Morgan fingerprint density at radius 1 is 1.50 bits per heavy atom. The first-order valence-electron chi connectivity index (χ1n) is 5.65. The van der Waals surface area contributed by atoms with E-state index in [4.69, 9.17) is 10.4 Å². The van der Waals surface area contributed by atoms with Crippen molar-refractivity contribution in [2.24, 2.45) is 0 Å². The number of carboxylic acid groups (broad SMARTS) is 1. The van der Waals surface area contributed by atoms with Gasteiger partial charge in [0, 0.05) is 0 Å². The maximum atomic E-state index is 11.9. The van der Waals surface area contributed by atoms with Gasteiger partial charge in [-0.05, 0) is 24.6 Å². The molecule has 0 amide bonds. The van der Waals surface area contributed by atoms with E-state index in [1.807, 2.05) is 10.8 Å². The van der Waals surface area contributed by atoms with Crippen molar-refractivity contribution in [2.75, 3.05) is 0 Å². The molecule has 0 aromatic heterocycles. The van der Waals surface area contributed by atoms with Gasteiger partial charge in [-0.25, -0.2) is 8.42 Å². The van der Waals surface area contributed by atoms with Crippen LogP contribution in [0.1, 0.15) is 18.1 Å². The normalized spacial score (nSPS) is 14.2. The summed E-state index contributed by atoms with van der Waals surface area (Å²) in [5.41, 5.74) is 0.661. The molecule has 0 saturated heterocycles. The molecular formula is C12H14N2O5S. The molecule has 8 heteroatoms. The fourth-order valence-corrected chi connectivity index (χ4v) is 2.93. The lowest BCUT2D eigenvalue weighted by atomic mass is 10.2. The SMILES string of the molecule is CC(O)C(NS(=O)(=O)Cc1cccc(C#N)c1)C(=O)O. The zero-order chi connectivity index (χ0) is 15.3. The van der Waals surface area contributed by atoms with E-state index in [2.05, 4.69) is 0 Å². The number of nitrogens with zero attached hydrogens (tertiary/aromatic N) is 1. The Kier molecular flexibility index (Phi) is 5.21. The summed E-state index contributed by atoms with van der Waals surface area (Å²) >= 11 is 0. The fourth-order valence-electron chi connectivity index (χ4n) is 1.54. The zero-order valence-electron chi connectivity index (χ0n) is 10.6. The molecule has 2 unspecified atom stereocenters. The lowest BCUT2D eigenvalue weighted by molar-refractivity contribution is -0.141. The lowest BCUT2D eigenvalue weighted by Crippen LogP contribution is -2.47. The van der Waals surface area contributed by atoms with Gasteiger partial charge >= 0.3 is 5.97 Å². The van der Waals surface area contributed by atoms with Crippen LogP contribution in [0, 0.1) is 11.3 Å². The van der Waals surface area contributed by atoms with Crippen molar-refractivity contribution in [3.05, 3.63) is 35.4 Å². The first-order valence-corrected chi connectivity index (χ1v) is 7.30. The van der Waals surface area contributed by atoms with E-state index in [0.717, 1.165) is 0 Å². The number of nitriles is 1. The summed E-state index contributed by atoms with van der Waals surface area (Å²) in [6.07, 6.45) is -1.37. The average Bonchev–Trinajstić information content (AvgIpc) is 2.35. The van der Waals surface area contributed by atoms with Gasteiger partial charge < -0.3 is 10.2 Å². The van der Waals surface area contributed by atoms with E-state index in [0.29, 0.717) is 11.1 Å². The van der Waals surface area contributed by atoms with Gasteiger partial charge in [-0.15, -0.1) is 0 Å². The van der Waals surface area contributed by atoms with Gasteiger partial charge in [-0.1, -0.05) is 12.1 Å². The Bertz CT molecular complexity index is 633. The Hall–Kier alpha value is -1.95. The molecule has 0 radical (unpaired) electrons. The molecule has 2 atom stereocenters. The maximum Gasteiger partial charge on any atom is 0.324 e. The number of carboxylic acids is 1. The highest BCUT2D eigenvalue weighted by molar-refractivity contribution is 7.88. The van der Waals surface area contributed by atoms with Crippen LogP contribution in [0.25, 0.3) is 0 Å². The number of rotatable bonds is 6. The van der Waals surface area contributed by atoms with Gasteiger partial charge in [0.1, 0.15) is 6.04 Å². The minimum Gasteiger partial charge on any atom is -0.480 e. The van der Waals surface area contributed by atoms with Crippen LogP contribution in [0.5, 0.6) is 0 Å². The third-order valence-electron chi connectivity index (χ3n) is 2.47. The number of nitrogens with one attached hydrogen (secondary N) is 1. The fraction of sp³-hybridized carbons (Fsp3) is 0.333. The van der Waals surface area contributed by atoms with E-state index in [-0.39, 0.29) is 0 Å². The zero-order valence-corrected chi connectivity index (χ0v) is 11.5. The molecule has 108 valence electrons. The quantitative estimate of drug-likeness (QED) is 0.668. The highest BCUT2D eigenvalue weighted by atomic mass is 32.2. The molecule has 1 rings (SSSR count).